The van der Waals surface area contributed by atoms with Gasteiger partial charge in [-0.3, -0.25) is 25.2 Å². The van der Waals surface area contributed by atoms with E-state index in [0.717, 1.165) is 36.8 Å². The van der Waals surface area contributed by atoms with Gasteiger partial charge in [-0.1, -0.05) is 36.4 Å². The third kappa shape index (κ3) is 3.47. The molecule has 0 spiro atoms. The van der Waals surface area contributed by atoms with Gasteiger partial charge >= 0.3 is 0 Å². The molecule has 186 valence electrons. The van der Waals surface area contributed by atoms with Crippen LogP contribution in [0, 0.1) is 31.1 Å². The van der Waals surface area contributed by atoms with E-state index in [1.54, 1.807) is 24.3 Å². The van der Waals surface area contributed by atoms with Crippen molar-refractivity contribution >= 4 is 22.6 Å². The summed E-state index contributed by atoms with van der Waals surface area (Å²) < 4.78 is 1.16. The van der Waals surface area contributed by atoms with Crippen LogP contribution in [-0.2, 0) is 17.3 Å². The summed E-state index contributed by atoms with van der Waals surface area (Å²) in [6.45, 7) is 4.30. The lowest BCUT2D eigenvalue weighted by Crippen LogP contribution is -2.61. The molecule has 4 aliphatic rings. The van der Waals surface area contributed by atoms with Gasteiger partial charge in [0, 0.05) is 12.4 Å². The predicted molar refractivity (Wildman–Crippen MR) is 137 cm³/mol. The number of carbonyl (C=O) groups excluding carboxylic acids is 2. The molecule has 0 aliphatic heterocycles. The van der Waals surface area contributed by atoms with Gasteiger partial charge < -0.3 is 0 Å². The van der Waals surface area contributed by atoms with Crippen LogP contribution in [0.25, 0.3) is 10.8 Å². The number of hydrogen-bond acceptors (Lipinski definition) is 4. The molecule has 3 aromatic rings. The molecule has 2 atom stereocenters. The lowest BCUT2D eigenvalue weighted by Gasteiger charge is -2.61. The van der Waals surface area contributed by atoms with E-state index in [1.165, 1.54) is 30.2 Å². The number of fused-ring (bicyclic) bond motifs is 1. The average Bonchev–Trinajstić information content (AvgIpc) is 2.85. The van der Waals surface area contributed by atoms with Gasteiger partial charge in [0.05, 0.1) is 10.8 Å². The molecule has 1 heterocycles. The first-order chi connectivity index (χ1) is 17.2. The van der Waals surface area contributed by atoms with Crippen LogP contribution in [0.2, 0.25) is 0 Å². The van der Waals surface area contributed by atoms with E-state index in [-0.39, 0.29) is 22.6 Å². The highest BCUT2D eigenvalue weighted by atomic mass is 16.2. The molecule has 36 heavy (non-hydrogen) atoms. The zero-order valence-electron chi connectivity index (χ0n) is 21.1. The van der Waals surface area contributed by atoms with Gasteiger partial charge in [0.15, 0.2) is 5.69 Å². The summed E-state index contributed by atoms with van der Waals surface area (Å²) in [5, 5.41) is 5.07. The van der Waals surface area contributed by atoms with E-state index in [2.05, 4.69) is 48.0 Å². The topological polar surface area (TPSA) is 93.1 Å². The Morgan fingerprint density at radius 3 is 2.33 bits per heavy atom. The molecule has 7 nitrogen and oxygen atoms in total. The van der Waals surface area contributed by atoms with Gasteiger partial charge in [0.1, 0.15) is 0 Å². The Morgan fingerprint density at radius 1 is 0.944 bits per heavy atom. The number of aryl methyl sites for hydroxylation is 3. The Morgan fingerprint density at radius 2 is 1.64 bits per heavy atom. The number of hydrazine groups is 1. The van der Waals surface area contributed by atoms with E-state index in [9.17, 15) is 14.4 Å². The second kappa shape index (κ2) is 8.02. The molecule has 0 saturated heterocycles. The Hall–Kier alpha value is -3.48. The third-order valence-corrected chi connectivity index (χ3v) is 9.12. The normalized spacial score (nSPS) is 28.3. The van der Waals surface area contributed by atoms with Crippen LogP contribution in [0.1, 0.15) is 65.7 Å². The maximum absolute atomic E-state index is 13.7. The smallest absolute Gasteiger partial charge is 0.273 e. The molecular weight excluding hydrogens is 452 g/mol. The molecule has 4 fully saturated rings. The van der Waals surface area contributed by atoms with Crippen molar-refractivity contribution in [3.63, 3.8) is 0 Å². The summed E-state index contributed by atoms with van der Waals surface area (Å²) in [5.74, 6) is 0.433. The number of nitrogens with zero attached hydrogens (tertiary/aromatic N) is 2. The van der Waals surface area contributed by atoms with Gasteiger partial charge in [-0.25, -0.2) is 4.68 Å². The molecule has 2 unspecified atom stereocenters. The number of rotatable bonds is 3. The lowest BCUT2D eigenvalue weighted by atomic mass is 9.42. The zero-order valence-corrected chi connectivity index (χ0v) is 21.1. The summed E-state index contributed by atoms with van der Waals surface area (Å²) in [6.07, 6.45) is 6.04. The highest BCUT2D eigenvalue weighted by molar-refractivity contribution is 6.05. The summed E-state index contributed by atoms with van der Waals surface area (Å²) in [6, 6.07) is 13.7. The molecule has 0 radical (unpaired) electrons. The lowest BCUT2D eigenvalue weighted by molar-refractivity contribution is -0.149. The average molecular weight is 485 g/mol. The van der Waals surface area contributed by atoms with Crippen molar-refractivity contribution in [1.82, 2.24) is 20.6 Å². The van der Waals surface area contributed by atoms with Crippen molar-refractivity contribution in [2.24, 2.45) is 24.3 Å². The highest BCUT2D eigenvalue weighted by Gasteiger charge is 2.61. The first-order valence-electron chi connectivity index (χ1n) is 12.8. The van der Waals surface area contributed by atoms with Crippen molar-refractivity contribution in [3.05, 3.63) is 75.2 Å². The number of amides is 2. The van der Waals surface area contributed by atoms with E-state index < -0.39 is 11.3 Å². The largest absolute Gasteiger partial charge is 0.290 e. The number of benzene rings is 2. The maximum atomic E-state index is 13.7. The van der Waals surface area contributed by atoms with Gasteiger partial charge in [0.2, 0.25) is 5.91 Å². The molecule has 4 aliphatic carbocycles. The molecule has 2 N–H and O–H groups in total. The minimum Gasteiger partial charge on any atom is -0.273 e. The van der Waals surface area contributed by atoms with Crippen LogP contribution in [0.4, 0.5) is 0 Å². The minimum absolute atomic E-state index is 0.0271. The maximum Gasteiger partial charge on any atom is 0.290 e. The van der Waals surface area contributed by atoms with Gasteiger partial charge in [0.25, 0.3) is 11.5 Å². The van der Waals surface area contributed by atoms with Crippen LogP contribution in [0.5, 0.6) is 0 Å². The molecular formula is C29H32N4O3. The monoisotopic (exact) mass is 484 g/mol. The Labute approximate surface area is 210 Å². The fourth-order valence-electron chi connectivity index (χ4n) is 7.71. The second-order valence-corrected chi connectivity index (χ2v) is 11.6. The number of hydrogen-bond donors (Lipinski definition) is 2. The van der Waals surface area contributed by atoms with Crippen molar-refractivity contribution in [2.45, 2.75) is 57.8 Å². The van der Waals surface area contributed by atoms with Crippen LogP contribution in [-0.4, -0.2) is 21.6 Å². The van der Waals surface area contributed by atoms with Gasteiger partial charge in [-0.05, 0) is 92.4 Å². The number of nitrogens with one attached hydrogen (secondary N) is 2. The zero-order chi connectivity index (χ0) is 25.2. The van der Waals surface area contributed by atoms with E-state index in [1.807, 2.05) is 0 Å². The van der Waals surface area contributed by atoms with Crippen LogP contribution in [0.3, 0.4) is 0 Å². The molecule has 2 amide bonds. The molecule has 7 rings (SSSR count). The fraction of sp³-hybridized carbons (Fsp3) is 0.448. The van der Waals surface area contributed by atoms with Crippen molar-refractivity contribution in [1.29, 1.82) is 0 Å². The molecule has 7 heteroatoms. The van der Waals surface area contributed by atoms with Crippen molar-refractivity contribution in [3.8, 4) is 0 Å². The van der Waals surface area contributed by atoms with E-state index in [4.69, 9.17) is 0 Å². The predicted octanol–water partition coefficient (Wildman–Crippen LogP) is 3.85. The van der Waals surface area contributed by atoms with Crippen LogP contribution in [0.15, 0.2) is 47.3 Å². The van der Waals surface area contributed by atoms with Gasteiger partial charge in [-0.2, -0.15) is 5.10 Å². The third-order valence-electron chi connectivity index (χ3n) is 9.12. The number of aromatic nitrogens is 2. The van der Waals surface area contributed by atoms with E-state index >= 15 is 0 Å². The molecule has 4 saturated carbocycles. The van der Waals surface area contributed by atoms with Crippen LogP contribution >= 0.6 is 0 Å². The fourth-order valence-corrected chi connectivity index (χ4v) is 7.71. The summed E-state index contributed by atoms with van der Waals surface area (Å²) in [4.78, 5) is 39.2. The summed E-state index contributed by atoms with van der Waals surface area (Å²) in [5.41, 5.74) is 8.72. The van der Waals surface area contributed by atoms with Gasteiger partial charge in [-0.15, -0.1) is 0 Å². The standard InChI is InChI=1S/C29H32N4O3/c1-17-8-9-21(10-18(17)2)28-12-19-11-20(13-28)15-29(14-19,16-28)27(36)31-30-25(34)24-22-6-4-5-7-23(22)26(35)33(3)32-24/h4-10,19-20H,11-16H2,1-3H3,(H,30,34)(H,31,36). The first-order valence-corrected chi connectivity index (χ1v) is 12.8. The Bertz CT molecular complexity index is 1460. The Balaban J connectivity index is 1.26. The molecule has 2 aromatic carbocycles. The van der Waals surface area contributed by atoms with Crippen LogP contribution < -0.4 is 16.4 Å². The second-order valence-electron chi connectivity index (χ2n) is 11.6. The molecule has 4 bridgehead atoms. The first kappa shape index (κ1) is 23.0. The molecule has 1 aromatic heterocycles. The van der Waals surface area contributed by atoms with Crippen molar-refractivity contribution < 1.29 is 9.59 Å². The minimum atomic E-state index is -0.524. The van der Waals surface area contributed by atoms with E-state index in [0.29, 0.717) is 22.6 Å². The number of carbonyl (C=O) groups is 2. The summed E-state index contributed by atoms with van der Waals surface area (Å²) >= 11 is 0. The SMILES string of the molecule is Cc1ccc(C23CC4CC(CC(C(=O)NNC(=O)c5nn(C)c(=O)c6ccccc56)(C4)C2)C3)cc1C. The summed E-state index contributed by atoms with van der Waals surface area (Å²) in [7, 11) is 1.52. The highest BCUT2D eigenvalue weighted by Crippen LogP contribution is 2.65. The Kier molecular flexibility index (Phi) is 5.11. The quantitative estimate of drug-likeness (QED) is 0.553. The van der Waals surface area contributed by atoms with Crippen molar-refractivity contribution in [2.75, 3.05) is 0 Å².